The number of carbonyl (C=O) groups is 3. The van der Waals surface area contributed by atoms with Gasteiger partial charge in [0.15, 0.2) is 11.5 Å². The van der Waals surface area contributed by atoms with E-state index in [2.05, 4.69) is 6.92 Å². The second-order valence-corrected chi connectivity index (χ2v) is 10.8. The Morgan fingerprint density at radius 2 is 2.03 bits per heavy atom. The third-order valence-corrected chi connectivity index (χ3v) is 9.47. The first kappa shape index (κ1) is 20.8. The smallest absolute Gasteiger partial charge is 0.303 e. The van der Waals surface area contributed by atoms with E-state index in [4.69, 9.17) is 4.74 Å². The first-order chi connectivity index (χ1) is 13.6. The van der Waals surface area contributed by atoms with Crippen LogP contribution in [-0.2, 0) is 19.1 Å². The van der Waals surface area contributed by atoms with Crippen LogP contribution >= 0.6 is 11.8 Å². The zero-order chi connectivity index (χ0) is 21.2. The maximum absolute atomic E-state index is 17.3. The molecule has 0 spiro atoms. The van der Waals surface area contributed by atoms with E-state index in [1.54, 1.807) is 23.9 Å². The molecule has 158 valence electrons. The van der Waals surface area contributed by atoms with E-state index in [1.165, 1.54) is 13.0 Å². The summed E-state index contributed by atoms with van der Waals surface area (Å²) in [7, 11) is 0. The lowest BCUT2D eigenvalue weighted by atomic mass is 9.46. The standard InChI is InChI=1S/C23H29FO4S/c1-5-29-20-18(27)11-17-16-7-6-14-10-15(26)8-9-22(14,4)23(16,24)19(28-13(2)25)12-21(17,20)3/h8-10,16-17,19-20H,5-7,11-12H2,1-4H3/t16-,17-,19-,20-,21-,22-,23?/m0/s1. The predicted molar refractivity (Wildman–Crippen MR) is 110 cm³/mol. The molecule has 4 aliphatic rings. The van der Waals surface area contributed by atoms with Crippen LogP contribution in [0.2, 0.25) is 0 Å². The van der Waals surface area contributed by atoms with Crippen LogP contribution in [0.15, 0.2) is 23.8 Å². The molecular formula is C23H29FO4S. The molecule has 0 aromatic heterocycles. The minimum atomic E-state index is -1.84. The SMILES string of the molecule is CCS[C@H]1C(=O)C[C@H]2[C@@H]3CCC4=CC(=O)C=C[C@]4(C)C3(F)[C@@H](OC(C)=O)C[C@]12C. The molecule has 0 aliphatic heterocycles. The van der Waals surface area contributed by atoms with Gasteiger partial charge in [0.1, 0.15) is 11.9 Å². The number of alkyl halides is 1. The number of ether oxygens (including phenoxy) is 1. The quantitative estimate of drug-likeness (QED) is 0.640. The topological polar surface area (TPSA) is 60.4 Å². The highest BCUT2D eigenvalue weighted by Gasteiger charge is 2.72. The van der Waals surface area contributed by atoms with Gasteiger partial charge in [-0.2, -0.15) is 11.8 Å². The van der Waals surface area contributed by atoms with Crippen LogP contribution in [0, 0.1) is 22.7 Å². The van der Waals surface area contributed by atoms with Crippen LogP contribution in [0.25, 0.3) is 0 Å². The lowest BCUT2D eigenvalue weighted by molar-refractivity contribution is -0.208. The van der Waals surface area contributed by atoms with Gasteiger partial charge in [0.25, 0.3) is 0 Å². The van der Waals surface area contributed by atoms with Gasteiger partial charge < -0.3 is 4.74 Å². The Morgan fingerprint density at radius 3 is 2.69 bits per heavy atom. The Kier molecular flexibility index (Phi) is 4.88. The average molecular weight is 421 g/mol. The fourth-order valence-corrected chi connectivity index (χ4v) is 7.98. The Hall–Kier alpha value is -1.43. The van der Waals surface area contributed by atoms with Gasteiger partial charge in [0, 0.05) is 24.7 Å². The lowest BCUT2D eigenvalue weighted by Gasteiger charge is -2.62. The van der Waals surface area contributed by atoms with Crippen LogP contribution in [0.5, 0.6) is 0 Å². The molecule has 29 heavy (non-hydrogen) atoms. The van der Waals surface area contributed by atoms with Crippen molar-refractivity contribution in [3.8, 4) is 0 Å². The van der Waals surface area contributed by atoms with Crippen molar-refractivity contribution in [3.63, 3.8) is 0 Å². The molecule has 0 heterocycles. The van der Waals surface area contributed by atoms with E-state index >= 15 is 4.39 Å². The Balaban J connectivity index is 1.85. The van der Waals surface area contributed by atoms with Gasteiger partial charge in [0.2, 0.25) is 0 Å². The molecule has 0 N–H and O–H groups in total. The molecule has 0 aromatic carbocycles. The van der Waals surface area contributed by atoms with Gasteiger partial charge in [-0.05, 0) is 55.4 Å². The average Bonchev–Trinajstić information content (AvgIpc) is 2.88. The van der Waals surface area contributed by atoms with Gasteiger partial charge in [-0.1, -0.05) is 25.5 Å². The molecule has 4 aliphatic carbocycles. The number of carbonyl (C=O) groups excluding carboxylic acids is 3. The van der Waals surface area contributed by atoms with Crippen LogP contribution in [0.1, 0.15) is 53.4 Å². The number of rotatable bonds is 3. The van der Waals surface area contributed by atoms with Crippen molar-refractivity contribution in [2.45, 2.75) is 70.4 Å². The fraction of sp³-hybridized carbons (Fsp3) is 0.696. The molecule has 4 rings (SSSR count). The van der Waals surface area contributed by atoms with Crippen LogP contribution in [0.4, 0.5) is 4.39 Å². The first-order valence-corrected chi connectivity index (χ1v) is 11.6. The van der Waals surface area contributed by atoms with Crippen molar-refractivity contribution in [2.75, 3.05) is 5.75 Å². The predicted octanol–water partition coefficient (Wildman–Crippen LogP) is 4.23. The maximum atomic E-state index is 17.3. The van der Waals surface area contributed by atoms with Crippen molar-refractivity contribution in [3.05, 3.63) is 23.8 Å². The zero-order valence-corrected chi connectivity index (χ0v) is 18.3. The minimum Gasteiger partial charge on any atom is -0.459 e. The number of allylic oxidation sites excluding steroid dienone is 4. The molecule has 7 atom stereocenters. The summed E-state index contributed by atoms with van der Waals surface area (Å²) in [6.45, 7) is 7.25. The van der Waals surface area contributed by atoms with Crippen LogP contribution in [0.3, 0.4) is 0 Å². The van der Waals surface area contributed by atoms with Gasteiger partial charge in [-0.25, -0.2) is 4.39 Å². The summed E-state index contributed by atoms with van der Waals surface area (Å²) in [6, 6.07) is 0. The fourth-order valence-electron chi connectivity index (χ4n) is 6.71. The summed E-state index contributed by atoms with van der Waals surface area (Å²) in [5, 5.41) is -0.187. The molecule has 6 heteroatoms. The number of ketones is 2. The molecule has 0 aromatic rings. The van der Waals surface area contributed by atoms with E-state index in [0.29, 0.717) is 25.7 Å². The highest BCUT2D eigenvalue weighted by atomic mass is 32.2. The van der Waals surface area contributed by atoms with Crippen molar-refractivity contribution in [1.29, 1.82) is 0 Å². The second-order valence-electron chi connectivity index (χ2n) is 9.44. The van der Waals surface area contributed by atoms with Gasteiger partial charge in [-0.15, -0.1) is 0 Å². The summed E-state index contributed by atoms with van der Waals surface area (Å²) in [4.78, 5) is 36.9. The van der Waals surface area contributed by atoms with Crippen molar-refractivity contribution in [1.82, 2.24) is 0 Å². The van der Waals surface area contributed by atoms with Crippen molar-refractivity contribution < 1.29 is 23.5 Å². The lowest BCUT2D eigenvalue weighted by Crippen LogP contribution is -2.67. The molecule has 1 unspecified atom stereocenters. The van der Waals surface area contributed by atoms with Gasteiger partial charge in [0.05, 0.1) is 5.25 Å². The largest absolute Gasteiger partial charge is 0.459 e. The summed E-state index contributed by atoms with van der Waals surface area (Å²) in [5.74, 6) is -0.0990. The molecular weight excluding hydrogens is 391 g/mol. The first-order valence-electron chi connectivity index (χ1n) is 10.5. The molecule has 3 fully saturated rings. The zero-order valence-electron chi connectivity index (χ0n) is 17.5. The number of fused-ring (bicyclic) bond motifs is 5. The minimum absolute atomic E-state index is 0.0831. The summed E-state index contributed by atoms with van der Waals surface area (Å²) >= 11 is 1.63. The number of thioether (sulfide) groups is 1. The van der Waals surface area contributed by atoms with Gasteiger partial charge >= 0.3 is 5.97 Å². The number of Topliss-reactive ketones (excluding diaryl/α,β-unsaturated/α-hetero) is 1. The molecule has 4 nitrogen and oxygen atoms in total. The molecule has 0 radical (unpaired) electrons. The van der Waals surface area contributed by atoms with Crippen molar-refractivity contribution in [2.24, 2.45) is 22.7 Å². The van der Waals surface area contributed by atoms with E-state index in [0.717, 1.165) is 11.3 Å². The summed E-state index contributed by atoms with van der Waals surface area (Å²) in [6.07, 6.45) is 5.62. The summed E-state index contributed by atoms with van der Waals surface area (Å²) in [5.41, 5.74) is -2.47. The van der Waals surface area contributed by atoms with Crippen LogP contribution in [-0.4, -0.2) is 40.3 Å². The molecule has 0 amide bonds. The number of hydrogen-bond acceptors (Lipinski definition) is 5. The Labute approximate surface area is 175 Å². The highest BCUT2D eigenvalue weighted by Crippen LogP contribution is 2.68. The number of esters is 1. The second kappa shape index (κ2) is 6.79. The van der Waals surface area contributed by atoms with E-state index < -0.39 is 34.5 Å². The molecule has 0 bridgehead atoms. The normalized spacial score (nSPS) is 45.9. The molecule has 0 saturated heterocycles. The van der Waals surface area contributed by atoms with Crippen LogP contribution < -0.4 is 0 Å². The van der Waals surface area contributed by atoms with Gasteiger partial charge in [-0.3, -0.25) is 14.4 Å². The Morgan fingerprint density at radius 1 is 1.31 bits per heavy atom. The third kappa shape index (κ3) is 2.74. The maximum Gasteiger partial charge on any atom is 0.303 e. The number of hydrogen-bond donors (Lipinski definition) is 0. The summed E-state index contributed by atoms with van der Waals surface area (Å²) < 4.78 is 23.0. The third-order valence-electron chi connectivity index (χ3n) is 8.01. The highest BCUT2D eigenvalue weighted by molar-refractivity contribution is 8.00. The van der Waals surface area contributed by atoms with E-state index in [9.17, 15) is 14.4 Å². The monoisotopic (exact) mass is 420 g/mol. The van der Waals surface area contributed by atoms with E-state index in [-0.39, 0.29) is 22.7 Å². The number of halogens is 1. The molecule has 3 saturated carbocycles. The van der Waals surface area contributed by atoms with E-state index in [1.807, 2.05) is 13.8 Å². The van der Waals surface area contributed by atoms with Crippen molar-refractivity contribution >= 4 is 29.3 Å². The Bertz CT molecular complexity index is 835.